The van der Waals surface area contributed by atoms with Crippen LogP contribution in [0.1, 0.15) is 36.7 Å². The zero-order valence-electron chi connectivity index (χ0n) is 13.2. The summed E-state index contributed by atoms with van der Waals surface area (Å²) in [6.45, 7) is 4.75. The molecule has 0 aromatic carbocycles. The van der Waals surface area contributed by atoms with Crippen LogP contribution in [0.3, 0.4) is 0 Å². The van der Waals surface area contributed by atoms with Crippen molar-refractivity contribution in [3.8, 4) is 0 Å². The SMILES string of the molecule is Cc1nccc(C2CCN(CCC(=O)Nc3nccs3)CC2)n1. The Hall–Kier alpha value is -1.86. The average molecular weight is 331 g/mol. The highest BCUT2D eigenvalue weighted by Gasteiger charge is 2.22. The van der Waals surface area contributed by atoms with Crippen molar-refractivity contribution in [2.45, 2.75) is 32.1 Å². The Kier molecular flexibility index (Phi) is 5.30. The minimum atomic E-state index is 0.0356. The Bertz CT molecular complexity index is 638. The van der Waals surface area contributed by atoms with Crippen LogP contribution in [-0.2, 0) is 4.79 Å². The fraction of sp³-hybridized carbons (Fsp3) is 0.500. The van der Waals surface area contributed by atoms with E-state index in [1.807, 2.05) is 24.6 Å². The van der Waals surface area contributed by atoms with Crippen molar-refractivity contribution in [3.63, 3.8) is 0 Å². The maximum Gasteiger partial charge on any atom is 0.227 e. The highest BCUT2D eigenvalue weighted by molar-refractivity contribution is 7.13. The van der Waals surface area contributed by atoms with E-state index >= 15 is 0 Å². The standard InChI is InChI=1S/C16H21N5OS/c1-12-17-6-2-14(19-12)13-3-8-21(9-4-13)10-5-15(22)20-16-18-7-11-23-16/h2,6-7,11,13H,3-5,8-10H2,1H3,(H,18,20,22). The molecule has 2 aromatic rings. The lowest BCUT2D eigenvalue weighted by atomic mass is 9.93. The Labute approximate surface area is 140 Å². The monoisotopic (exact) mass is 331 g/mol. The number of anilines is 1. The first-order chi connectivity index (χ1) is 11.2. The maximum atomic E-state index is 11.9. The molecule has 1 saturated heterocycles. The van der Waals surface area contributed by atoms with Crippen molar-refractivity contribution < 1.29 is 4.79 Å². The Morgan fingerprint density at radius 1 is 1.35 bits per heavy atom. The smallest absolute Gasteiger partial charge is 0.227 e. The Balaban J connectivity index is 1.41. The van der Waals surface area contributed by atoms with Crippen LogP contribution in [0.25, 0.3) is 0 Å². The van der Waals surface area contributed by atoms with Crippen molar-refractivity contribution >= 4 is 22.4 Å². The van der Waals surface area contributed by atoms with Gasteiger partial charge >= 0.3 is 0 Å². The third-order valence-electron chi connectivity index (χ3n) is 4.14. The van der Waals surface area contributed by atoms with E-state index in [-0.39, 0.29) is 5.91 Å². The summed E-state index contributed by atoms with van der Waals surface area (Å²) in [6, 6.07) is 2.02. The molecule has 6 nitrogen and oxygen atoms in total. The number of amides is 1. The van der Waals surface area contributed by atoms with Gasteiger partial charge in [0.2, 0.25) is 5.91 Å². The van der Waals surface area contributed by atoms with E-state index in [2.05, 4.69) is 25.2 Å². The molecule has 0 radical (unpaired) electrons. The van der Waals surface area contributed by atoms with Gasteiger partial charge in [0.15, 0.2) is 5.13 Å². The number of carbonyl (C=O) groups excluding carboxylic acids is 1. The zero-order valence-corrected chi connectivity index (χ0v) is 14.1. The molecule has 3 heterocycles. The molecule has 1 aliphatic heterocycles. The highest BCUT2D eigenvalue weighted by atomic mass is 32.1. The van der Waals surface area contributed by atoms with Gasteiger partial charge in [-0.3, -0.25) is 4.79 Å². The van der Waals surface area contributed by atoms with Crippen molar-refractivity contribution in [1.82, 2.24) is 19.9 Å². The van der Waals surface area contributed by atoms with Gasteiger partial charge in [-0.15, -0.1) is 11.3 Å². The molecule has 1 fully saturated rings. The van der Waals surface area contributed by atoms with Crippen molar-refractivity contribution in [2.75, 3.05) is 25.0 Å². The lowest BCUT2D eigenvalue weighted by molar-refractivity contribution is -0.116. The van der Waals surface area contributed by atoms with Gasteiger partial charge in [-0.1, -0.05) is 0 Å². The van der Waals surface area contributed by atoms with Crippen LogP contribution >= 0.6 is 11.3 Å². The lowest BCUT2D eigenvalue weighted by Crippen LogP contribution is -2.35. The minimum absolute atomic E-state index is 0.0356. The number of aromatic nitrogens is 3. The minimum Gasteiger partial charge on any atom is -0.303 e. The summed E-state index contributed by atoms with van der Waals surface area (Å²) in [5.74, 6) is 1.38. The van der Waals surface area contributed by atoms with Crippen LogP contribution in [0.5, 0.6) is 0 Å². The number of thiazole rings is 1. The molecule has 1 amide bonds. The summed E-state index contributed by atoms with van der Waals surface area (Å²) < 4.78 is 0. The summed E-state index contributed by atoms with van der Waals surface area (Å²) >= 11 is 1.44. The van der Waals surface area contributed by atoms with E-state index in [9.17, 15) is 4.79 Å². The number of hydrogen-bond acceptors (Lipinski definition) is 6. The molecular weight excluding hydrogens is 310 g/mol. The molecule has 2 aromatic heterocycles. The van der Waals surface area contributed by atoms with Crippen molar-refractivity contribution in [2.24, 2.45) is 0 Å². The number of piperidine rings is 1. The average Bonchev–Trinajstić information content (AvgIpc) is 3.06. The molecule has 0 bridgehead atoms. The Morgan fingerprint density at radius 2 is 2.17 bits per heavy atom. The first-order valence-corrected chi connectivity index (χ1v) is 8.80. The predicted molar refractivity (Wildman–Crippen MR) is 90.5 cm³/mol. The molecule has 0 unspecified atom stereocenters. The van der Waals surface area contributed by atoms with Crippen molar-refractivity contribution in [3.05, 3.63) is 35.4 Å². The second kappa shape index (κ2) is 7.61. The van der Waals surface area contributed by atoms with Gasteiger partial charge in [-0.2, -0.15) is 0 Å². The predicted octanol–water partition coefficient (Wildman–Crippen LogP) is 2.45. The zero-order chi connectivity index (χ0) is 16.1. The molecular formula is C16H21N5OS. The normalized spacial score (nSPS) is 16.4. The van der Waals surface area contributed by atoms with Crippen LogP contribution in [0.4, 0.5) is 5.13 Å². The van der Waals surface area contributed by atoms with Crippen LogP contribution in [0, 0.1) is 6.92 Å². The second-order valence-corrected chi connectivity index (χ2v) is 6.67. The summed E-state index contributed by atoms with van der Waals surface area (Å²) in [7, 11) is 0. The molecule has 23 heavy (non-hydrogen) atoms. The summed E-state index contributed by atoms with van der Waals surface area (Å²) in [6.07, 6.45) is 6.22. The first kappa shape index (κ1) is 16.0. The topological polar surface area (TPSA) is 71.0 Å². The number of nitrogens with zero attached hydrogens (tertiary/aromatic N) is 4. The van der Waals surface area contributed by atoms with E-state index in [1.165, 1.54) is 11.3 Å². The van der Waals surface area contributed by atoms with Crippen LogP contribution in [0.2, 0.25) is 0 Å². The third kappa shape index (κ3) is 4.56. The van der Waals surface area contributed by atoms with Gasteiger partial charge in [0, 0.05) is 42.4 Å². The number of rotatable bonds is 5. The van der Waals surface area contributed by atoms with E-state index < -0.39 is 0 Å². The molecule has 0 aliphatic carbocycles. The molecule has 122 valence electrons. The largest absolute Gasteiger partial charge is 0.303 e. The molecule has 7 heteroatoms. The molecule has 1 N–H and O–H groups in total. The molecule has 1 aliphatic rings. The van der Waals surface area contributed by atoms with Gasteiger partial charge < -0.3 is 10.2 Å². The number of aryl methyl sites for hydroxylation is 1. The third-order valence-corrected chi connectivity index (χ3v) is 4.83. The summed E-state index contributed by atoms with van der Waals surface area (Å²) in [5.41, 5.74) is 1.15. The highest BCUT2D eigenvalue weighted by Crippen LogP contribution is 2.26. The first-order valence-electron chi connectivity index (χ1n) is 7.92. The van der Waals surface area contributed by atoms with Crippen LogP contribution < -0.4 is 5.32 Å². The van der Waals surface area contributed by atoms with E-state index in [4.69, 9.17) is 0 Å². The van der Waals surface area contributed by atoms with Crippen molar-refractivity contribution in [1.29, 1.82) is 0 Å². The van der Waals surface area contributed by atoms with Gasteiger partial charge in [-0.05, 0) is 38.9 Å². The van der Waals surface area contributed by atoms with Gasteiger partial charge in [0.05, 0.1) is 0 Å². The fourth-order valence-corrected chi connectivity index (χ4v) is 3.43. The van der Waals surface area contributed by atoms with Crippen LogP contribution in [-0.4, -0.2) is 45.4 Å². The van der Waals surface area contributed by atoms with Crippen LogP contribution in [0.15, 0.2) is 23.8 Å². The number of nitrogens with one attached hydrogen (secondary N) is 1. The molecule has 0 saturated carbocycles. The quantitative estimate of drug-likeness (QED) is 0.911. The molecule has 0 spiro atoms. The fourth-order valence-electron chi connectivity index (χ4n) is 2.88. The molecule has 0 atom stereocenters. The Morgan fingerprint density at radius 3 is 2.87 bits per heavy atom. The lowest BCUT2D eigenvalue weighted by Gasteiger charge is -2.31. The number of hydrogen-bond donors (Lipinski definition) is 1. The number of carbonyl (C=O) groups is 1. The molecule has 3 rings (SSSR count). The van der Waals surface area contributed by atoms with E-state index in [0.717, 1.165) is 44.0 Å². The van der Waals surface area contributed by atoms with Gasteiger partial charge in [0.25, 0.3) is 0 Å². The summed E-state index contributed by atoms with van der Waals surface area (Å²) in [5, 5.41) is 5.36. The van der Waals surface area contributed by atoms with E-state index in [0.29, 0.717) is 17.5 Å². The number of likely N-dealkylation sites (tertiary alicyclic amines) is 1. The van der Waals surface area contributed by atoms with E-state index in [1.54, 1.807) is 6.20 Å². The van der Waals surface area contributed by atoms with Gasteiger partial charge in [0.1, 0.15) is 5.82 Å². The van der Waals surface area contributed by atoms with Gasteiger partial charge in [-0.25, -0.2) is 15.0 Å². The second-order valence-electron chi connectivity index (χ2n) is 5.78. The maximum absolute atomic E-state index is 11.9. The summed E-state index contributed by atoms with van der Waals surface area (Å²) in [4.78, 5) is 27.0.